The molecule has 0 bridgehead atoms. The summed E-state index contributed by atoms with van der Waals surface area (Å²) in [4.78, 5) is 26.2. The second kappa shape index (κ2) is 6.05. The van der Waals surface area contributed by atoms with Gasteiger partial charge < -0.3 is 16.0 Å². The van der Waals surface area contributed by atoms with Crippen molar-refractivity contribution in [2.75, 3.05) is 11.9 Å². The molecule has 1 aliphatic heterocycles. The van der Waals surface area contributed by atoms with Gasteiger partial charge in [-0.05, 0) is 17.5 Å². The highest BCUT2D eigenvalue weighted by Gasteiger charge is 2.35. The van der Waals surface area contributed by atoms with Crippen molar-refractivity contribution in [3.05, 3.63) is 29.8 Å². The molecule has 20 heavy (non-hydrogen) atoms. The minimum absolute atomic E-state index is 0.0810. The molecule has 1 heterocycles. The lowest BCUT2D eigenvalue weighted by Crippen LogP contribution is -2.50. The van der Waals surface area contributed by atoms with Crippen LogP contribution in [-0.2, 0) is 16.1 Å². The van der Waals surface area contributed by atoms with Crippen molar-refractivity contribution in [3.8, 4) is 0 Å². The fourth-order valence-electron chi connectivity index (χ4n) is 2.56. The number of amides is 2. The Hall–Kier alpha value is -1.88. The van der Waals surface area contributed by atoms with Crippen molar-refractivity contribution in [3.63, 3.8) is 0 Å². The number of para-hydroxylation sites is 1. The number of anilines is 1. The first-order valence-corrected chi connectivity index (χ1v) is 6.96. The maximum atomic E-state index is 12.5. The summed E-state index contributed by atoms with van der Waals surface area (Å²) in [6.07, 6.45) is 0.822. The van der Waals surface area contributed by atoms with Crippen LogP contribution in [0.2, 0.25) is 0 Å². The molecule has 0 fully saturated rings. The topological polar surface area (TPSA) is 75.4 Å². The fourth-order valence-corrected chi connectivity index (χ4v) is 2.56. The standard InChI is InChI=1S/C15H21N3O2/c1-3-10(2)14-15(20)17-12-7-5-4-6-11(12)9-18(14)13(19)8-16/h4-7,10,14H,3,8-9,16H2,1-2H3,(H,17,20)/t10-,14-/m0/s1. The molecule has 2 rings (SSSR count). The van der Waals surface area contributed by atoms with Gasteiger partial charge in [-0.15, -0.1) is 0 Å². The number of nitrogens with zero attached hydrogens (tertiary/aromatic N) is 1. The Bertz CT molecular complexity index is 516. The van der Waals surface area contributed by atoms with E-state index in [1.807, 2.05) is 38.1 Å². The first-order chi connectivity index (χ1) is 9.58. The summed E-state index contributed by atoms with van der Waals surface area (Å²) < 4.78 is 0. The van der Waals surface area contributed by atoms with Crippen LogP contribution in [0.4, 0.5) is 5.69 Å². The molecule has 1 aromatic carbocycles. The van der Waals surface area contributed by atoms with Gasteiger partial charge in [-0.2, -0.15) is 0 Å². The highest BCUT2D eigenvalue weighted by molar-refractivity contribution is 5.99. The van der Waals surface area contributed by atoms with E-state index >= 15 is 0 Å². The molecule has 5 heteroatoms. The Balaban J connectivity index is 2.42. The molecule has 0 saturated heterocycles. The van der Waals surface area contributed by atoms with Crippen LogP contribution in [0.5, 0.6) is 0 Å². The first-order valence-electron chi connectivity index (χ1n) is 6.96. The minimum atomic E-state index is -0.469. The molecule has 0 aliphatic carbocycles. The van der Waals surface area contributed by atoms with Crippen LogP contribution in [0, 0.1) is 5.92 Å². The zero-order chi connectivity index (χ0) is 14.7. The van der Waals surface area contributed by atoms with Crippen LogP contribution < -0.4 is 11.1 Å². The molecule has 0 radical (unpaired) electrons. The third-order valence-corrected chi connectivity index (χ3v) is 3.90. The molecule has 2 atom stereocenters. The van der Waals surface area contributed by atoms with Crippen molar-refractivity contribution in [1.82, 2.24) is 4.90 Å². The zero-order valence-electron chi connectivity index (χ0n) is 11.9. The lowest BCUT2D eigenvalue weighted by Gasteiger charge is -2.32. The minimum Gasteiger partial charge on any atom is -0.325 e. The highest BCUT2D eigenvalue weighted by Crippen LogP contribution is 2.26. The lowest BCUT2D eigenvalue weighted by molar-refractivity contribution is -0.139. The van der Waals surface area contributed by atoms with Crippen molar-refractivity contribution in [2.45, 2.75) is 32.9 Å². The van der Waals surface area contributed by atoms with E-state index in [2.05, 4.69) is 5.32 Å². The number of benzene rings is 1. The highest BCUT2D eigenvalue weighted by atomic mass is 16.2. The predicted molar refractivity (Wildman–Crippen MR) is 77.9 cm³/mol. The third kappa shape index (κ3) is 2.67. The van der Waals surface area contributed by atoms with Crippen LogP contribution in [0.15, 0.2) is 24.3 Å². The molecule has 3 N–H and O–H groups in total. The van der Waals surface area contributed by atoms with Gasteiger partial charge in [0.2, 0.25) is 11.8 Å². The molecule has 2 amide bonds. The van der Waals surface area contributed by atoms with Crippen LogP contribution in [0.25, 0.3) is 0 Å². The molecule has 0 saturated carbocycles. The van der Waals surface area contributed by atoms with Crippen molar-refractivity contribution < 1.29 is 9.59 Å². The molecular weight excluding hydrogens is 254 g/mol. The molecule has 1 aromatic rings. The summed E-state index contributed by atoms with van der Waals surface area (Å²) in [6, 6.07) is 7.09. The molecular formula is C15H21N3O2. The smallest absolute Gasteiger partial charge is 0.247 e. The Morgan fingerprint density at radius 1 is 1.50 bits per heavy atom. The predicted octanol–water partition coefficient (Wildman–Crippen LogP) is 1.34. The van der Waals surface area contributed by atoms with Crippen molar-refractivity contribution in [1.29, 1.82) is 0 Å². The second-order valence-corrected chi connectivity index (χ2v) is 5.20. The summed E-state index contributed by atoms with van der Waals surface area (Å²) in [5.41, 5.74) is 7.21. The van der Waals surface area contributed by atoms with Crippen LogP contribution >= 0.6 is 0 Å². The van der Waals surface area contributed by atoms with E-state index in [0.717, 1.165) is 17.7 Å². The second-order valence-electron chi connectivity index (χ2n) is 5.20. The third-order valence-electron chi connectivity index (χ3n) is 3.90. The monoisotopic (exact) mass is 275 g/mol. The van der Waals surface area contributed by atoms with Gasteiger partial charge in [-0.1, -0.05) is 38.5 Å². The SMILES string of the molecule is CC[C@H](C)[C@H]1C(=O)Nc2ccccc2CN1C(=O)CN. The van der Waals surface area contributed by atoms with E-state index in [-0.39, 0.29) is 24.3 Å². The van der Waals surface area contributed by atoms with Gasteiger partial charge >= 0.3 is 0 Å². The van der Waals surface area contributed by atoms with E-state index < -0.39 is 6.04 Å². The fraction of sp³-hybridized carbons (Fsp3) is 0.467. The Morgan fingerprint density at radius 3 is 2.85 bits per heavy atom. The van der Waals surface area contributed by atoms with Gasteiger partial charge in [0, 0.05) is 12.2 Å². The molecule has 108 valence electrons. The lowest BCUT2D eigenvalue weighted by atomic mass is 9.96. The molecule has 0 spiro atoms. The average molecular weight is 275 g/mol. The van der Waals surface area contributed by atoms with Gasteiger partial charge in [-0.3, -0.25) is 9.59 Å². The molecule has 5 nitrogen and oxygen atoms in total. The van der Waals surface area contributed by atoms with Gasteiger partial charge in [0.25, 0.3) is 0 Å². The van der Waals surface area contributed by atoms with Crippen LogP contribution in [-0.4, -0.2) is 29.3 Å². The van der Waals surface area contributed by atoms with E-state index in [9.17, 15) is 9.59 Å². The van der Waals surface area contributed by atoms with E-state index in [4.69, 9.17) is 5.73 Å². The number of hydrogen-bond acceptors (Lipinski definition) is 3. The maximum Gasteiger partial charge on any atom is 0.247 e. The van der Waals surface area contributed by atoms with Gasteiger partial charge in [0.05, 0.1) is 6.54 Å². The molecule has 1 aliphatic rings. The number of nitrogens with two attached hydrogens (primary N) is 1. The summed E-state index contributed by atoms with van der Waals surface area (Å²) in [7, 11) is 0. The van der Waals surface area contributed by atoms with Crippen LogP contribution in [0.3, 0.4) is 0 Å². The number of nitrogens with one attached hydrogen (secondary N) is 1. The number of carbonyl (C=O) groups is 2. The van der Waals surface area contributed by atoms with E-state index in [0.29, 0.717) is 6.54 Å². The van der Waals surface area contributed by atoms with E-state index in [1.165, 1.54) is 0 Å². The van der Waals surface area contributed by atoms with Gasteiger partial charge in [0.1, 0.15) is 6.04 Å². The van der Waals surface area contributed by atoms with Gasteiger partial charge in [0.15, 0.2) is 0 Å². The normalized spacial score (nSPS) is 19.9. The zero-order valence-corrected chi connectivity index (χ0v) is 11.9. The average Bonchev–Trinajstić information content (AvgIpc) is 2.61. The Labute approximate surface area is 119 Å². The number of rotatable bonds is 3. The summed E-state index contributed by atoms with van der Waals surface area (Å²) in [5.74, 6) is -0.243. The number of carbonyl (C=O) groups excluding carboxylic acids is 2. The van der Waals surface area contributed by atoms with E-state index in [1.54, 1.807) is 4.90 Å². The van der Waals surface area contributed by atoms with Crippen molar-refractivity contribution >= 4 is 17.5 Å². The summed E-state index contributed by atoms with van der Waals surface area (Å²) in [5, 5.41) is 2.92. The number of fused-ring (bicyclic) bond motifs is 1. The Morgan fingerprint density at radius 2 is 2.20 bits per heavy atom. The van der Waals surface area contributed by atoms with Crippen LogP contribution in [0.1, 0.15) is 25.8 Å². The Kier molecular flexibility index (Phi) is 4.39. The first kappa shape index (κ1) is 14.5. The summed E-state index contributed by atoms with van der Waals surface area (Å²) >= 11 is 0. The summed E-state index contributed by atoms with van der Waals surface area (Å²) in [6.45, 7) is 4.33. The quantitative estimate of drug-likeness (QED) is 0.874. The van der Waals surface area contributed by atoms with Gasteiger partial charge in [-0.25, -0.2) is 0 Å². The number of hydrogen-bond donors (Lipinski definition) is 2. The molecule has 0 aromatic heterocycles. The molecule has 0 unspecified atom stereocenters. The largest absolute Gasteiger partial charge is 0.325 e. The van der Waals surface area contributed by atoms with Crippen molar-refractivity contribution in [2.24, 2.45) is 11.7 Å². The maximum absolute atomic E-state index is 12.5.